The van der Waals surface area contributed by atoms with Crippen LogP contribution in [0.5, 0.6) is 0 Å². The number of pyridine rings is 1. The normalized spacial score (nSPS) is 15.9. The lowest BCUT2D eigenvalue weighted by Gasteiger charge is -2.24. The maximum absolute atomic E-state index is 12.4. The molecule has 0 aliphatic heterocycles. The van der Waals surface area contributed by atoms with Crippen LogP contribution in [-0.4, -0.2) is 39.5 Å². The van der Waals surface area contributed by atoms with Crippen molar-refractivity contribution in [1.82, 2.24) is 9.88 Å². The van der Waals surface area contributed by atoms with E-state index in [4.69, 9.17) is 5.11 Å². The van der Waals surface area contributed by atoms with Gasteiger partial charge in [-0.05, 0) is 40.9 Å². The molecule has 0 bridgehead atoms. The molecular weight excluding hydrogens is 312 g/mol. The van der Waals surface area contributed by atoms with Gasteiger partial charge in [-0.1, -0.05) is 6.92 Å². The van der Waals surface area contributed by atoms with Crippen molar-refractivity contribution in [3.05, 3.63) is 28.5 Å². The molecule has 0 radical (unpaired) electrons. The van der Waals surface area contributed by atoms with Gasteiger partial charge in [0.2, 0.25) is 0 Å². The van der Waals surface area contributed by atoms with E-state index >= 15 is 0 Å². The molecule has 1 amide bonds. The minimum atomic E-state index is -0.887. The van der Waals surface area contributed by atoms with Crippen LogP contribution in [-0.2, 0) is 4.79 Å². The van der Waals surface area contributed by atoms with Gasteiger partial charge >= 0.3 is 5.97 Å². The van der Waals surface area contributed by atoms with E-state index in [0.717, 1.165) is 17.3 Å². The largest absolute Gasteiger partial charge is 0.481 e. The highest BCUT2D eigenvalue weighted by Gasteiger charge is 2.35. The summed E-state index contributed by atoms with van der Waals surface area (Å²) in [5.74, 6) is -1.65. The zero-order valence-corrected chi connectivity index (χ0v) is 12.1. The Bertz CT molecular complexity index is 485. The predicted molar refractivity (Wildman–Crippen MR) is 72.8 cm³/mol. The number of aliphatic carboxylic acids is 1. The fourth-order valence-electron chi connectivity index (χ4n) is 1.81. The monoisotopic (exact) mass is 326 g/mol. The van der Waals surface area contributed by atoms with Crippen molar-refractivity contribution in [1.29, 1.82) is 0 Å². The summed E-state index contributed by atoms with van der Waals surface area (Å²) in [4.78, 5) is 29.0. The molecule has 1 aromatic heterocycles. The van der Waals surface area contributed by atoms with Gasteiger partial charge in [0.1, 0.15) is 5.69 Å². The third-order valence-corrected chi connectivity index (χ3v) is 3.56. The molecule has 1 saturated carbocycles. The van der Waals surface area contributed by atoms with Crippen LogP contribution in [0.4, 0.5) is 0 Å². The molecule has 1 aliphatic rings. The summed E-state index contributed by atoms with van der Waals surface area (Å²) in [6, 6.07) is 3.57. The van der Waals surface area contributed by atoms with Crippen LogP contribution in [0, 0.1) is 5.92 Å². The number of carbonyl (C=O) groups excluding carboxylic acids is 1. The summed E-state index contributed by atoms with van der Waals surface area (Å²) in [5.41, 5.74) is 0.354. The van der Waals surface area contributed by atoms with E-state index in [1.54, 1.807) is 30.2 Å². The van der Waals surface area contributed by atoms with Gasteiger partial charge in [-0.3, -0.25) is 9.59 Å². The van der Waals surface area contributed by atoms with Crippen molar-refractivity contribution in [2.75, 3.05) is 6.54 Å². The zero-order chi connectivity index (χ0) is 14.0. The highest BCUT2D eigenvalue weighted by atomic mass is 79.9. The highest BCUT2D eigenvalue weighted by Crippen LogP contribution is 2.29. The Morgan fingerprint density at radius 1 is 1.53 bits per heavy atom. The summed E-state index contributed by atoms with van der Waals surface area (Å²) in [5, 5.41) is 8.96. The third kappa shape index (κ3) is 3.53. The topological polar surface area (TPSA) is 70.5 Å². The SMILES string of the molecule is CC(CN(C(=O)c1ccc(Br)cn1)C1CC1)C(=O)O. The fourth-order valence-corrected chi connectivity index (χ4v) is 2.04. The molecule has 0 aromatic carbocycles. The average molecular weight is 327 g/mol. The molecule has 1 aromatic rings. The van der Waals surface area contributed by atoms with Crippen LogP contribution in [0.2, 0.25) is 0 Å². The van der Waals surface area contributed by atoms with Crippen LogP contribution < -0.4 is 0 Å². The molecule has 0 spiro atoms. The van der Waals surface area contributed by atoms with Crippen LogP contribution in [0.1, 0.15) is 30.3 Å². The number of carboxylic acid groups (broad SMARTS) is 1. The first kappa shape index (κ1) is 14.0. The van der Waals surface area contributed by atoms with E-state index in [1.807, 2.05) is 0 Å². The van der Waals surface area contributed by atoms with E-state index in [2.05, 4.69) is 20.9 Å². The van der Waals surface area contributed by atoms with Gasteiger partial charge in [0.05, 0.1) is 5.92 Å². The smallest absolute Gasteiger partial charge is 0.308 e. The molecule has 102 valence electrons. The number of amides is 1. The first-order chi connectivity index (χ1) is 8.99. The second-order valence-electron chi connectivity index (χ2n) is 4.79. The highest BCUT2D eigenvalue weighted by molar-refractivity contribution is 9.10. The summed E-state index contributed by atoms with van der Waals surface area (Å²) < 4.78 is 0.806. The number of halogens is 1. The number of hydrogen-bond acceptors (Lipinski definition) is 3. The maximum atomic E-state index is 12.4. The van der Waals surface area contributed by atoms with Gasteiger partial charge in [-0.15, -0.1) is 0 Å². The van der Waals surface area contributed by atoms with Crippen molar-refractivity contribution in [2.45, 2.75) is 25.8 Å². The van der Waals surface area contributed by atoms with Crippen molar-refractivity contribution >= 4 is 27.8 Å². The lowest BCUT2D eigenvalue weighted by molar-refractivity contribution is -0.141. The van der Waals surface area contributed by atoms with E-state index in [9.17, 15) is 9.59 Å². The molecule has 1 heterocycles. The van der Waals surface area contributed by atoms with Crippen LogP contribution >= 0.6 is 15.9 Å². The Morgan fingerprint density at radius 3 is 2.68 bits per heavy atom. The third-order valence-electron chi connectivity index (χ3n) is 3.09. The molecule has 19 heavy (non-hydrogen) atoms. The minimum absolute atomic E-state index is 0.166. The van der Waals surface area contributed by atoms with Crippen molar-refractivity contribution < 1.29 is 14.7 Å². The summed E-state index contributed by atoms with van der Waals surface area (Å²) in [7, 11) is 0. The lowest BCUT2D eigenvalue weighted by Crippen LogP contribution is -2.38. The Kier molecular flexibility index (Phi) is 4.19. The van der Waals surface area contributed by atoms with Gasteiger partial charge < -0.3 is 10.0 Å². The van der Waals surface area contributed by atoms with Gasteiger partial charge in [-0.2, -0.15) is 0 Å². The van der Waals surface area contributed by atoms with Gasteiger partial charge in [0.25, 0.3) is 5.91 Å². The van der Waals surface area contributed by atoms with E-state index in [0.29, 0.717) is 5.69 Å². The lowest BCUT2D eigenvalue weighted by atomic mass is 10.1. The Morgan fingerprint density at radius 2 is 2.21 bits per heavy atom. The zero-order valence-electron chi connectivity index (χ0n) is 10.5. The summed E-state index contributed by atoms with van der Waals surface area (Å²) >= 11 is 3.27. The number of rotatable bonds is 5. The number of hydrogen-bond donors (Lipinski definition) is 1. The molecule has 1 unspecified atom stereocenters. The maximum Gasteiger partial charge on any atom is 0.308 e. The van der Waals surface area contributed by atoms with Gasteiger partial charge in [0.15, 0.2) is 0 Å². The van der Waals surface area contributed by atoms with E-state index < -0.39 is 11.9 Å². The second kappa shape index (κ2) is 5.69. The standard InChI is InChI=1S/C13H15BrN2O3/c1-8(13(18)19)7-16(10-3-4-10)12(17)11-5-2-9(14)6-15-11/h2,5-6,8,10H,3-4,7H2,1H3,(H,18,19). The molecule has 5 nitrogen and oxygen atoms in total. The van der Waals surface area contributed by atoms with Crippen LogP contribution in [0.15, 0.2) is 22.8 Å². The predicted octanol–water partition coefficient (Wildman–Crippen LogP) is 2.17. The molecule has 1 aliphatic carbocycles. The average Bonchev–Trinajstić information content (AvgIpc) is 3.19. The number of aromatic nitrogens is 1. The molecular formula is C13H15BrN2O3. The first-order valence-corrected chi connectivity index (χ1v) is 6.93. The first-order valence-electron chi connectivity index (χ1n) is 6.14. The molecule has 0 saturated heterocycles. The van der Waals surface area contributed by atoms with E-state index in [-0.39, 0.29) is 18.5 Å². The van der Waals surface area contributed by atoms with E-state index in [1.165, 1.54) is 0 Å². The van der Waals surface area contributed by atoms with Crippen LogP contribution in [0.25, 0.3) is 0 Å². The molecule has 1 fully saturated rings. The van der Waals surface area contributed by atoms with Crippen molar-refractivity contribution in [2.24, 2.45) is 5.92 Å². The molecule has 1 N–H and O–H groups in total. The molecule has 2 rings (SSSR count). The minimum Gasteiger partial charge on any atom is -0.481 e. The number of carboxylic acids is 1. The Hall–Kier alpha value is -1.43. The second-order valence-corrected chi connectivity index (χ2v) is 5.71. The molecule has 6 heteroatoms. The molecule has 1 atom stereocenters. The van der Waals surface area contributed by atoms with Crippen LogP contribution in [0.3, 0.4) is 0 Å². The number of nitrogens with zero attached hydrogens (tertiary/aromatic N) is 2. The van der Waals surface area contributed by atoms with Gasteiger partial charge in [-0.25, -0.2) is 4.98 Å². The van der Waals surface area contributed by atoms with Crippen molar-refractivity contribution in [3.63, 3.8) is 0 Å². The number of carbonyl (C=O) groups is 2. The summed E-state index contributed by atoms with van der Waals surface area (Å²) in [6.45, 7) is 1.84. The van der Waals surface area contributed by atoms with Gasteiger partial charge in [0, 0.05) is 23.3 Å². The Balaban J connectivity index is 2.12. The van der Waals surface area contributed by atoms with Crippen molar-refractivity contribution in [3.8, 4) is 0 Å². The fraction of sp³-hybridized carbons (Fsp3) is 0.462. The summed E-state index contributed by atoms with van der Waals surface area (Å²) in [6.07, 6.45) is 3.45. The Labute approximate surface area is 119 Å². The quantitative estimate of drug-likeness (QED) is 0.900.